The van der Waals surface area contributed by atoms with E-state index in [4.69, 9.17) is 9.52 Å². The molecule has 1 unspecified atom stereocenters. The van der Waals surface area contributed by atoms with Gasteiger partial charge in [-0.3, -0.25) is 9.59 Å². The molecule has 0 aliphatic carbocycles. The highest BCUT2D eigenvalue weighted by atomic mass is 32.1. The zero-order chi connectivity index (χ0) is 15.5. The van der Waals surface area contributed by atoms with Gasteiger partial charge in [-0.05, 0) is 29.0 Å². The topological polar surface area (TPSA) is 83.1 Å². The summed E-state index contributed by atoms with van der Waals surface area (Å²) in [5.74, 6) is -0.657. The second kappa shape index (κ2) is 6.15. The number of thiophene rings is 1. The molecule has 22 heavy (non-hydrogen) atoms. The molecule has 3 heterocycles. The number of hydrazone groups is 1. The number of hydrogen-bond acceptors (Lipinski definition) is 5. The first-order valence-corrected chi connectivity index (χ1v) is 7.76. The minimum absolute atomic E-state index is 0.0764. The van der Waals surface area contributed by atoms with E-state index in [1.807, 2.05) is 16.8 Å². The van der Waals surface area contributed by atoms with Crippen LogP contribution >= 0.6 is 11.3 Å². The average Bonchev–Trinajstić information content (AvgIpc) is 3.23. The summed E-state index contributed by atoms with van der Waals surface area (Å²) in [6.45, 7) is 0. The Morgan fingerprint density at radius 1 is 1.41 bits per heavy atom. The molecule has 1 atom stereocenters. The molecule has 0 saturated carbocycles. The van der Waals surface area contributed by atoms with Crippen LogP contribution in [0.5, 0.6) is 0 Å². The van der Waals surface area contributed by atoms with Gasteiger partial charge in [0.1, 0.15) is 11.8 Å². The number of carboxylic acid groups (broad SMARTS) is 1. The van der Waals surface area contributed by atoms with Crippen LogP contribution in [-0.4, -0.2) is 27.7 Å². The summed E-state index contributed by atoms with van der Waals surface area (Å²) in [5.41, 5.74) is 1.79. The smallest absolute Gasteiger partial charge is 0.303 e. The van der Waals surface area contributed by atoms with E-state index in [2.05, 4.69) is 5.10 Å². The molecule has 7 heteroatoms. The molecule has 1 N–H and O–H groups in total. The van der Waals surface area contributed by atoms with E-state index in [-0.39, 0.29) is 24.8 Å². The van der Waals surface area contributed by atoms with Gasteiger partial charge in [0.05, 0.1) is 18.4 Å². The minimum atomic E-state index is -0.996. The second-order valence-electron chi connectivity index (χ2n) is 4.93. The zero-order valence-electron chi connectivity index (χ0n) is 11.6. The first-order chi connectivity index (χ1) is 10.6. The number of rotatable bonds is 5. The van der Waals surface area contributed by atoms with Crippen LogP contribution in [0.2, 0.25) is 0 Å². The molecule has 0 aromatic carbocycles. The Morgan fingerprint density at radius 3 is 2.91 bits per heavy atom. The highest BCUT2D eigenvalue weighted by molar-refractivity contribution is 7.08. The first kappa shape index (κ1) is 14.5. The number of carbonyl (C=O) groups is 2. The molecule has 6 nitrogen and oxygen atoms in total. The van der Waals surface area contributed by atoms with Crippen LogP contribution in [0.25, 0.3) is 0 Å². The van der Waals surface area contributed by atoms with Gasteiger partial charge in [0.25, 0.3) is 0 Å². The van der Waals surface area contributed by atoms with Crippen LogP contribution in [0.4, 0.5) is 0 Å². The predicted octanol–water partition coefficient (Wildman–Crippen LogP) is 2.88. The van der Waals surface area contributed by atoms with Gasteiger partial charge >= 0.3 is 5.97 Å². The Hall–Kier alpha value is -2.41. The van der Waals surface area contributed by atoms with Crippen LogP contribution in [0, 0.1) is 0 Å². The van der Waals surface area contributed by atoms with Crippen LogP contribution in [0.15, 0.2) is 44.7 Å². The summed E-state index contributed by atoms with van der Waals surface area (Å²) in [5, 5.41) is 18.4. The fraction of sp³-hybridized carbons (Fsp3) is 0.267. The zero-order valence-corrected chi connectivity index (χ0v) is 12.5. The highest BCUT2D eigenvalue weighted by Crippen LogP contribution is 2.33. The Bertz CT molecular complexity index is 691. The number of amides is 1. The number of furan rings is 1. The third kappa shape index (κ3) is 2.94. The molecular formula is C15H14N2O4S. The molecule has 0 fully saturated rings. The summed E-state index contributed by atoms with van der Waals surface area (Å²) >= 11 is 1.56. The third-order valence-corrected chi connectivity index (χ3v) is 4.13. The number of carbonyl (C=O) groups excluding carboxylic acids is 1. The molecule has 114 valence electrons. The van der Waals surface area contributed by atoms with Crippen molar-refractivity contribution < 1.29 is 19.1 Å². The van der Waals surface area contributed by atoms with Crippen molar-refractivity contribution in [2.75, 3.05) is 0 Å². The Kier molecular flexibility index (Phi) is 4.06. The van der Waals surface area contributed by atoms with Crippen molar-refractivity contribution in [2.45, 2.75) is 25.3 Å². The molecule has 0 radical (unpaired) electrons. The minimum Gasteiger partial charge on any atom is -0.481 e. The quantitative estimate of drug-likeness (QED) is 0.919. The normalized spacial score (nSPS) is 17.5. The summed E-state index contributed by atoms with van der Waals surface area (Å²) in [6, 6.07) is 5.20. The maximum Gasteiger partial charge on any atom is 0.303 e. The van der Waals surface area contributed by atoms with E-state index >= 15 is 0 Å². The van der Waals surface area contributed by atoms with Crippen molar-refractivity contribution >= 4 is 28.9 Å². The van der Waals surface area contributed by atoms with Gasteiger partial charge in [-0.2, -0.15) is 16.4 Å². The summed E-state index contributed by atoms with van der Waals surface area (Å²) in [7, 11) is 0. The van der Waals surface area contributed by atoms with Gasteiger partial charge in [-0.25, -0.2) is 5.01 Å². The molecule has 2 aromatic rings. The molecular weight excluding hydrogens is 304 g/mol. The van der Waals surface area contributed by atoms with Crippen molar-refractivity contribution in [1.29, 1.82) is 0 Å². The molecule has 0 spiro atoms. The Morgan fingerprint density at radius 2 is 2.27 bits per heavy atom. The average molecular weight is 318 g/mol. The maximum absolute atomic E-state index is 12.3. The van der Waals surface area contributed by atoms with Crippen LogP contribution in [0.3, 0.4) is 0 Å². The van der Waals surface area contributed by atoms with Crippen LogP contribution < -0.4 is 0 Å². The monoisotopic (exact) mass is 318 g/mol. The van der Waals surface area contributed by atoms with Gasteiger partial charge in [0.2, 0.25) is 5.91 Å². The number of nitrogens with zero attached hydrogens (tertiary/aromatic N) is 2. The van der Waals surface area contributed by atoms with E-state index < -0.39 is 5.97 Å². The van der Waals surface area contributed by atoms with Crippen molar-refractivity contribution in [3.63, 3.8) is 0 Å². The molecule has 0 saturated heterocycles. The Balaban J connectivity index is 1.84. The number of hydrogen-bond donors (Lipinski definition) is 1. The molecule has 3 rings (SSSR count). The SMILES string of the molecule is O=C(O)CCC(=O)N1N=C(c2ccsc2)CC1c1ccco1. The third-order valence-electron chi connectivity index (χ3n) is 3.44. The lowest BCUT2D eigenvalue weighted by Crippen LogP contribution is -2.27. The fourth-order valence-electron chi connectivity index (χ4n) is 2.37. The van der Waals surface area contributed by atoms with E-state index in [1.165, 1.54) is 5.01 Å². The lowest BCUT2D eigenvalue weighted by Gasteiger charge is -2.19. The van der Waals surface area contributed by atoms with Gasteiger partial charge < -0.3 is 9.52 Å². The first-order valence-electron chi connectivity index (χ1n) is 6.82. The van der Waals surface area contributed by atoms with Gasteiger partial charge in [0.15, 0.2) is 0 Å². The highest BCUT2D eigenvalue weighted by Gasteiger charge is 2.34. The number of carboxylic acids is 1. The van der Waals surface area contributed by atoms with Gasteiger partial charge in [0, 0.05) is 18.4 Å². The van der Waals surface area contributed by atoms with Crippen molar-refractivity contribution in [2.24, 2.45) is 5.10 Å². The van der Waals surface area contributed by atoms with Crippen molar-refractivity contribution in [3.8, 4) is 0 Å². The van der Waals surface area contributed by atoms with E-state index in [0.717, 1.165) is 11.3 Å². The van der Waals surface area contributed by atoms with E-state index in [9.17, 15) is 9.59 Å². The molecule has 1 amide bonds. The molecule has 2 aromatic heterocycles. The van der Waals surface area contributed by atoms with Crippen molar-refractivity contribution in [3.05, 3.63) is 46.5 Å². The fourth-order valence-corrected chi connectivity index (χ4v) is 3.04. The maximum atomic E-state index is 12.3. The van der Waals surface area contributed by atoms with Crippen molar-refractivity contribution in [1.82, 2.24) is 5.01 Å². The lowest BCUT2D eigenvalue weighted by atomic mass is 10.0. The van der Waals surface area contributed by atoms with Gasteiger partial charge in [-0.1, -0.05) is 0 Å². The molecule has 1 aliphatic heterocycles. The summed E-state index contributed by atoms with van der Waals surface area (Å²) in [4.78, 5) is 22.9. The van der Waals surface area contributed by atoms with Gasteiger partial charge in [-0.15, -0.1) is 0 Å². The van der Waals surface area contributed by atoms with E-state index in [1.54, 1.807) is 29.7 Å². The molecule has 0 bridgehead atoms. The Labute approximate surface area is 130 Å². The number of aliphatic carboxylic acids is 1. The second-order valence-corrected chi connectivity index (χ2v) is 5.71. The standard InChI is InChI=1S/C15H14N2O4S/c18-14(3-4-15(19)20)17-12(13-2-1-6-21-13)8-11(16-17)10-5-7-22-9-10/h1-2,5-7,9,12H,3-4,8H2,(H,19,20). The predicted molar refractivity (Wildman–Crippen MR) is 80.6 cm³/mol. The summed E-state index contributed by atoms with van der Waals surface area (Å²) < 4.78 is 5.41. The van der Waals surface area contributed by atoms with Crippen LogP contribution in [0.1, 0.15) is 36.6 Å². The van der Waals surface area contributed by atoms with E-state index in [0.29, 0.717) is 12.2 Å². The lowest BCUT2D eigenvalue weighted by molar-refractivity contribution is -0.141. The summed E-state index contributed by atoms with van der Waals surface area (Å²) in [6.07, 6.45) is 1.83. The van der Waals surface area contributed by atoms with Crippen LogP contribution in [-0.2, 0) is 9.59 Å². The largest absolute Gasteiger partial charge is 0.481 e. The molecule has 1 aliphatic rings.